The van der Waals surface area contributed by atoms with Gasteiger partial charge >= 0.3 is 0 Å². The third-order valence-electron chi connectivity index (χ3n) is 1.98. The number of ether oxygens (including phenoxy) is 1. The van der Waals surface area contributed by atoms with Gasteiger partial charge in [-0.2, -0.15) is 0 Å². The maximum atomic E-state index is 5.65. The van der Waals surface area contributed by atoms with Crippen molar-refractivity contribution < 1.29 is 4.74 Å². The summed E-state index contributed by atoms with van der Waals surface area (Å²) in [4.78, 5) is 4.16. The molecule has 4 nitrogen and oxygen atoms in total. The van der Waals surface area contributed by atoms with Gasteiger partial charge in [0.05, 0.1) is 7.11 Å². The second-order valence-corrected chi connectivity index (χ2v) is 2.64. The van der Waals surface area contributed by atoms with Crippen LogP contribution in [0.2, 0.25) is 0 Å². The molecule has 3 N–H and O–H groups in total. The Kier molecular flexibility index (Phi) is 3.10. The van der Waals surface area contributed by atoms with E-state index in [-0.39, 0.29) is 0 Å². The molecular formula is C8H15N3O. The molecule has 0 spiro atoms. The minimum atomic E-state index is 0.475. The lowest BCUT2D eigenvalue weighted by molar-refractivity contribution is 0.283. The van der Waals surface area contributed by atoms with E-state index in [4.69, 9.17) is 10.5 Å². The zero-order valence-electron chi connectivity index (χ0n) is 7.55. The van der Waals surface area contributed by atoms with Gasteiger partial charge in [0.15, 0.2) is 5.88 Å². The molecule has 1 saturated heterocycles. The molecule has 12 heavy (non-hydrogen) atoms. The quantitative estimate of drug-likeness (QED) is 0.537. The molecule has 1 rings (SSSR count). The second kappa shape index (κ2) is 4.11. The van der Waals surface area contributed by atoms with Crippen molar-refractivity contribution in [2.45, 2.75) is 6.42 Å². The molecular weight excluding hydrogens is 154 g/mol. The van der Waals surface area contributed by atoms with Gasteiger partial charge in [-0.1, -0.05) is 0 Å². The number of hydrogen-bond donors (Lipinski definition) is 2. The predicted molar refractivity (Wildman–Crippen MR) is 49.1 cm³/mol. The highest BCUT2D eigenvalue weighted by molar-refractivity contribution is 6.01. The fourth-order valence-electron chi connectivity index (χ4n) is 1.27. The van der Waals surface area contributed by atoms with Crippen LogP contribution in [0.3, 0.4) is 0 Å². The number of aliphatic imine (C=N–C) groups is 1. The maximum Gasteiger partial charge on any atom is 0.190 e. The molecule has 4 heteroatoms. The van der Waals surface area contributed by atoms with Crippen LogP contribution in [0.25, 0.3) is 0 Å². The van der Waals surface area contributed by atoms with Crippen molar-refractivity contribution in [3.8, 4) is 0 Å². The Bertz CT molecular complexity index is 218. The lowest BCUT2D eigenvalue weighted by Gasteiger charge is -2.19. The molecule has 0 aromatic rings. The second-order valence-electron chi connectivity index (χ2n) is 2.64. The third kappa shape index (κ3) is 1.76. The Morgan fingerprint density at radius 1 is 1.67 bits per heavy atom. The minimum absolute atomic E-state index is 0.475. The molecule has 0 radical (unpaired) electrons. The number of hydrogen-bond acceptors (Lipinski definition) is 4. The summed E-state index contributed by atoms with van der Waals surface area (Å²) in [6.45, 7) is 1.72. The monoisotopic (exact) mass is 169 g/mol. The molecule has 1 heterocycles. The molecule has 0 bridgehead atoms. The molecule has 68 valence electrons. The van der Waals surface area contributed by atoms with Crippen molar-refractivity contribution in [2.24, 2.45) is 10.7 Å². The lowest BCUT2D eigenvalue weighted by Crippen LogP contribution is -2.33. The van der Waals surface area contributed by atoms with E-state index in [1.54, 1.807) is 14.2 Å². The van der Waals surface area contributed by atoms with Crippen LogP contribution in [-0.2, 0) is 4.74 Å². The van der Waals surface area contributed by atoms with Gasteiger partial charge in [-0.15, -0.1) is 0 Å². The van der Waals surface area contributed by atoms with Crippen molar-refractivity contribution in [1.82, 2.24) is 5.32 Å². The molecule has 0 unspecified atom stereocenters. The average Bonchev–Trinajstić information content (AvgIpc) is 2.16. The van der Waals surface area contributed by atoms with Gasteiger partial charge < -0.3 is 15.8 Å². The Hall–Kier alpha value is -1.03. The van der Waals surface area contributed by atoms with Crippen LogP contribution < -0.4 is 11.1 Å². The Labute approximate surface area is 72.5 Å². The van der Waals surface area contributed by atoms with E-state index in [1.807, 2.05) is 0 Å². The number of nitrogens with two attached hydrogens (primary N) is 1. The van der Waals surface area contributed by atoms with Gasteiger partial charge in [0.1, 0.15) is 0 Å². The largest absolute Gasteiger partial charge is 0.482 e. The Morgan fingerprint density at radius 2 is 2.42 bits per heavy atom. The van der Waals surface area contributed by atoms with Crippen molar-refractivity contribution in [3.63, 3.8) is 0 Å². The fraction of sp³-hybridized carbons (Fsp3) is 0.625. The first kappa shape index (κ1) is 9.06. The Balaban J connectivity index is 2.85. The number of rotatable bonds is 1. The van der Waals surface area contributed by atoms with Gasteiger partial charge in [0.2, 0.25) is 0 Å². The van der Waals surface area contributed by atoms with Crippen LogP contribution in [0, 0.1) is 0 Å². The Morgan fingerprint density at radius 3 is 3.00 bits per heavy atom. The summed E-state index contributed by atoms with van der Waals surface area (Å²) in [5, 5.41) is 3.22. The first-order valence-electron chi connectivity index (χ1n) is 3.99. The SMILES string of the molecule is CN=C1CCNCC1=C(N)OC. The van der Waals surface area contributed by atoms with E-state index >= 15 is 0 Å². The van der Waals surface area contributed by atoms with Gasteiger partial charge in [0, 0.05) is 37.8 Å². The molecule has 0 aliphatic carbocycles. The highest BCUT2D eigenvalue weighted by Crippen LogP contribution is 2.09. The normalized spacial score (nSPS) is 25.7. The van der Waals surface area contributed by atoms with E-state index in [0.717, 1.165) is 30.8 Å². The molecule has 0 amide bonds. The summed E-state index contributed by atoms with van der Waals surface area (Å²) < 4.78 is 4.96. The highest BCUT2D eigenvalue weighted by Gasteiger charge is 2.15. The topological polar surface area (TPSA) is 59.6 Å². The summed E-state index contributed by atoms with van der Waals surface area (Å²) in [5.74, 6) is 0.475. The van der Waals surface area contributed by atoms with E-state index in [0.29, 0.717) is 5.88 Å². The molecule has 1 fully saturated rings. The first-order chi connectivity index (χ1) is 5.79. The molecule has 0 aromatic carbocycles. The van der Waals surface area contributed by atoms with Crippen LogP contribution in [-0.4, -0.2) is 33.0 Å². The highest BCUT2D eigenvalue weighted by atomic mass is 16.5. The van der Waals surface area contributed by atoms with Crippen molar-refractivity contribution in [3.05, 3.63) is 11.5 Å². The lowest BCUT2D eigenvalue weighted by atomic mass is 10.0. The number of nitrogens with zero attached hydrogens (tertiary/aromatic N) is 1. The van der Waals surface area contributed by atoms with Gasteiger partial charge in [-0.3, -0.25) is 4.99 Å². The smallest absolute Gasteiger partial charge is 0.190 e. The fourth-order valence-corrected chi connectivity index (χ4v) is 1.27. The minimum Gasteiger partial charge on any atom is -0.482 e. The van der Waals surface area contributed by atoms with Crippen LogP contribution in [0.5, 0.6) is 0 Å². The summed E-state index contributed by atoms with van der Waals surface area (Å²) in [6, 6.07) is 0. The van der Waals surface area contributed by atoms with Crippen molar-refractivity contribution >= 4 is 5.71 Å². The van der Waals surface area contributed by atoms with E-state index in [9.17, 15) is 0 Å². The van der Waals surface area contributed by atoms with Gasteiger partial charge in [-0.25, -0.2) is 0 Å². The van der Waals surface area contributed by atoms with Crippen molar-refractivity contribution in [1.29, 1.82) is 0 Å². The van der Waals surface area contributed by atoms with Crippen LogP contribution in [0.1, 0.15) is 6.42 Å². The molecule has 1 aliphatic rings. The van der Waals surface area contributed by atoms with E-state index in [1.165, 1.54) is 0 Å². The third-order valence-corrected chi connectivity index (χ3v) is 1.98. The van der Waals surface area contributed by atoms with Crippen molar-refractivity contribution in [2.75, 3.05) is 27.2 Å². The summed E-state index contributed by atoms with van der Waals surface area (Å²) in [6.07, 6.45) is 0.926. The predicted octanol–water partition coefficient (Wildman–Crippen LogP) is -0.133. The van der Waals surface area contributed by atoms with Crippen LogP contribution in [0.15, 0.2) is 16.4 Å². The van der Waals surface area contributed by atoms with E-state index < -0.39 is 0 Å². The molecule has 0 saturated carbocycles. The molecule has 1 aliphatic heterocycles. The maximum absolute atomic E-state index is 5.65. The number of methoxy groups -OCH3 is 1. The van der Waals surface area contributed by atoms with Crippen LogP contribution >= 0.6 is 0 Å². The van der Waals surface area contributed by atoms with Gasteiger partial charge in [-0.05, 0) is 0 Å². The average molecular weight is 169 g/mol. The molecule has 0 atom stereocenters. The molecule has 0 aromatic heterocycles. The number of piperidine rings is 1. The standard InChI is InChI=1S/C8H15N3O/c1-10-7-3-4-11-5-6(7)8(9)12-2/h11H,3-5,9H2,1-2H3. The zero-order valence-corrected chi connectivity index (χ0v) is 7.55. The number of nitrogens with one attached hydrogen (secondary N) is 1. The summed E-state index contributed by atoms with van der Waals surface area (Å²) in [7, 11) is 3.35. The zero-order chi connectivity index (χ0) is 8.97. The van der Waals surface area contributed by atoms with E-state index in [2.05, 4.69) is 10.3 Å². The summed E-state index contributed by atoms with van der Waals surface area (Å²) in [5.41, 5.74) is 7.69. The first-order valence-corrected chi connectivity index (χ1v) is 3.99. The van der Waals surface area contributed by atoms with Gasteiger partial charge in [0.25, 0.3) is 0 Å². The summed E-state index contributed by atoms with van der Waals surface area (Å²) >= 11 is 0. The van der Waals surface area contributed by atoms with Crippen LogP contribution in [0.4, 0.5) is 0 Å².